The minimum atomic E-state index is -0.0641. The van der Waals surface area contributed by atoms with Gasteiger partial charge in [-0.2, -0.15) is 0 Å². The van der Waals surface area contributed by atoms with Gasteiger partial charge in [0.05, 0.1) is 17.3 Å². The Morgan fingerprint density at radius 2 is 1.48 bits per heavy atom. The molecule has 56 heavy (non-hydrogen) atoms. The molecule has 4 heteroatoms. The lowest BCUT2D eigenvalue weighted by molar-refractivity contribution is 0.246. The molecule has 0 saturated carbocycles. The number of fused-ring (bicyclic) bond motifs is 10. The van der Waals surface area contributed by atoms with E-state index >= 15 is 0 Å². The molecule has 3 aliphatic carbocycles. The largest absolute Gasteiger partial charge is 0.483 e. The van der Waals surface area contributed by atoms with E-state index in [9.17, 15) is 0 Å². The number of anilines is 3. The van der Waals surface area contributed by atoms with Crippen molar-refractivity contribution in [2.45, 2.75) is 53.1 Å². The maximum Gasteiger partial charge on any atom is 0.148 e. The van der Waals surface area contributed by atoms with Crippen LogP contribution in [0.25, 0.3) is 27.5 Å². The number of ether oxygens (including phenoxy) is 1. The van der Waals surface area contributed by atoms with Crippen LogP contribution in [0.1, 0.15) is 41.0 Å². The molecular formula is C52H40N2OS. The average Bonchev–Trinajstić information content (AvgIpc) is 3.93. The summed E-state index contributed by atoms with van der Waals surface area (Å²) in [6.07, 6.45) is 18.8. The van der Waals surface area contributed by atoms with Crippen LogP contribution in [0, 0.1) is 0 Å². The number of nitrogens with zero attached hydrogens (tertiary/aromatic N) is 2. The predicted molar refractivity (Wildman–Crippen MR) is 234 cm³/mol. The number of hydrogen-bond donors (Lipinski definition) is 0. The van der Waals surface area contributed by atoms with Gasteiger partial charge >= 0.3 is 0 Å². The normalized spacial score (nSPS) is 24.9. The molecule has 3 aliphatic heterocycles. The van der Waals surface area contributed by atoms with Gasteiger partial charge in [0.15, 0.2) is 0 Å². The van der Waals surface area contributed by atoms with Crippen LogP contribution in [-0.2, 0) is 0 Å². The third kappa shape index (κ3) is 4.98. The predicted octanol–water partition coefficient (Wildman–Crippen LogP) is 12.4. The van der Waals surface area contributed by atoms with E-state index in [0.717, 1.165) is 18.6 Å². The molecule has 0 N–H and O–H groups in total. The van der Waals surface area contributed by atoms with E-state index in [0.29, 0.717) is 11.3 Å². The highest BCUT2D eigenvalue weighted by molar-refractivity contribution is 8.01. The second kappa shape index (κ2) is 12.8. The van der Waals surface area contributed by atoms with E-state index in [1.54, 1.807) is 0 Å². The molecule has 3 nitrogen and oxygen atoms in total. The van der Waals surface area contributed by atoms with E-state index < -0.39 is 0 Å². The van der Waals surface area contributed by atoms with Crippen LogP contribution in [0.4, 0.5) is 17.1 Å². The van der Waals surface area contributed by atoms with Crippen LogP contribution in [0.15, 0.2) is 187 Å². The number of allylic oxidation sites excluding steroid dienone is 5. The topological polar surface area (TPSA) is 15.7 Å². The van der Waals surface area contributed by atoms with E-state index in [2.05, 4.69) is 192 Å². The van der Waals surface area contributed by atoms with Crippen LogP contribution in [0.5, 0.6) is 5.75 Å². The van der Waals surface area contributed by atoms with Gasteiger partial charge in [-0.05, 0) is 100.0 Å². The Hall–Kier alpha value is -5.97. The number of thioether (sulfide) groups is 1. The fourth-order valence-corrected chi connectivity index (χ4v) is 11.8. The van der Waals surface area contributed by atoms with E-state index in [1.807, 2.05) is 11.8 Å². The number of para-hydroxylation sites is 2. The number of rotatable bonds is 5. The third-order valence-corrected chi connectivity index (χ3v) is 14.2. The molecule has 270 valence electrons. The molecule has 12 rings (SSSR count). The smallest absolute Gasteiger partial charge is 0.148 e. The van der Waals surface area contributed by atoms with Gasteiger partial charge < -0.3 is 14.5 Å². The summed E-state index contributed by atoms with van der Waals surface area (Å²) >= 11 is 2.04. The van der Waals surface area contributed by atoms with Crippen LogP contribution in [0.3, 0.4) is 0 Å². The summed E-state index contributed by atoms with van der Waals surface area (Å²) in [5, 5.41) is 2.94. The first-order valence-corrected chi connectivity index (χ1v) is 20.9. The van der Waals surface area contributed by atoms with Crippen molar-refractivity contribution in [1.82, 2.24) is 0 Å². The summed E-state index contributed by atoms with van der Waals surface area (Å²) in [4.78, 5) is 6.67. The van der Waals surface area contributed by atoms with Crippen molar-refractivity contribution in [2.75, 3.05) is 9.80 Å². The second-order valence-corrected chi connectivity index (χ2v) is 17.0. The van der Waals surface area contributed by atoms with Gasteiger partial charge in [0.2, 0.25) is 0 Å². The quantitative estimate of drug-likeness (QED) is 0.175. The Morgan fingerprint density at radius 1 is 0.714 bits per heavy atom. The molecule has 6 unspecified atom stereocenters. The van der Waals surface area contributed by atoms with Gasteiger partial charge in [-0.1, -0.05) is 134 Å². The van der Waals surface area contributed by atoms with Gasteiger partial charge in [-0.3, -0.25) is 0 Å². The maximum atomic E-state index is 6.84. The van der Waals surface area contributed by atoms with E-state index in [-0.39, 0.29) is 24.1 Å². The van der Waals surface area contributed by atoms with Crippen LogP contribution in [-0.4, -0.2) is 29.5 Å². The second-order valence-electron chi connectivity index (χ2n) is 15.8. The lowest BCUT2D eigenvalue weighted by Gasteiger charge is -2.45. The Kier molecular flexibility index (Phi) is 7.38. The molecule has 0 saturated heterocycles. The summed E-state index contributed by atoms with van der Waals surface area (Å²) in [5.41, 5.74) is 13.1. The van der Waals surface area contributed by atoms with E-state index in [1.165, 1.54) is 71.7 Å². The van der Waals surface area contributed by atoms with Crippen LogP contribution >= 0.6 is 11.8 Å². The molecule has 0 spiro atoms. The molecule has 3 heterocycles. The fraction of sp³-hybridized carbons (Fsp3) is 0.154. The number of benzene rings is 6. The summed E-state index contributed by atoms with van der Waals surface area (Å²) < 4.78 is 6.84. The van der Waals surface area contributed by atoms with Crippen molar-refractivity contribution in [3.8, 4) is 5.75 Å². The molecule has 6 aliphatic rings. The van der Waals surface area contributed by atoms with Crippen molar-refractivity contribution in [3.63, 3.8) is 0 Å². The summed E-state index contributed by atoms with van der Waals surface area (Å²) in [6, 6.07) is 52.0. The molecule has 0 aromatic heterocycles. The maximum absolute atomic E-state index is 6.84. The Morgan fingerprint density at radius 3 is 2.36 bits per heavy atom. The minimum absolute atomic E-state index is 0.0587. The molecular weight excluding hydrogens is 701 g/mol. The molecule has 0 amide bonds. The lowest BCUT2D eigenvalue weighted by atomic mass is 9.85. The molecule has 6 aromatic rings. The van der Waals surface area contributed by atoms with Crippen molar-refractivity contribution in [2.24, 2.45) is 0 Å². The van der Waals surface area contributed by atoms with Crippen molar-refractivity contribution >= 4 is 56.3 Å². The van der Waals surface area contributed by atoms with Crippen molar-refractivity contribution < 1.29 is 4.74 Å². The summed E-state index contributed by atoms with van der Waals surface area (Å²) in [5.74, 6) is 1.27. The van der Waals surface area contributed by atoms with Gasteiger partial charge in [0.1, 0.15) is 11.9 Å². The Bertz CT molecular complexity index is 2710. The van der Waals surface area contributed by atoms with Gasteiger partial charge in [0, 0.05) is 45.1 Å². The lowest BCUT2D eigenvalue weighted by Crippen LogP contribution is -2.54. The molecule has 6 aromatic carbocycles. The molecule has 0 fully saturated rings. The summed E-state index contributed by atoms with van der Waals surface area (Å²) in [7, 11) is 0. The molecule has 0 radical (unpaired) electrons. The highest BCUT2D eigenvalue weighted by Gasteiger charge is 2.46. The molecule has 0 bridgehead atoms. The monoisotopic (exact) mass is 740 g/mol. The van der Waals surface area contributed by atoms with Crippen molar-refractivity contribution in [3.05, 3.63) is 204 Å². The zero-order chi connectivity index (χ0) is 36.7. The highest BCUT2D eigenvalue weighted by Crippen LogP contribution is 2.53. The van der Waals surface area contributed by atoms with E-state index in [4.69, 9.17) is 4.74 Å². The Balaban J connectivity index is 0.920. The number of hydrogen-bond acceptors (Lipinski definition) is 4. The van der Waals surface area contributed by atoms with Gasteiger partial charge in [0.25, 0.3) is 0 Å². The highest BCUT2D eigenvalue weighted by atomic mass is 32.2. The average molecular weight is 741 g/mol. The standard InChI is InChI=1S/C52H40N2OS/c1-2-14-37(15-3-1)54-47-32-36(26-29-39(47)44-30-34-12-4-5-13-35(34)31-48(44)54)33-24-27-38(28-25-33)53(45-20-10-18-42-40-16-6-8-22-49(40)55-51(42)45)46-21-11-19-43-41-17-7-9-23-50(41)56-52(43)46/h1-10,12-20,22-32,39,45-47,51-52H,11,21H2. The SMILES string of the molecule is C1=CC(N(c2ccc(C3=CC4C(C=C3)c3cc5ccccc5cc3N4c3ccccc3)cc2)C2CCC=C3c4ccccc4SC32)C2Oc3ccccc3C2=C1. The van der Waals surface area contributed by atoms with Gasteiger partial charge in [-0.25, -0.2) is 0 Å². The van der Waals surface area contributed by atoms with Gasteiger partial charge in [-0.15, -0.1) is 11.8 Å². The van der Waals surface area contributed by atoms with Crippen LogP contribution in [0.2, 0.25) is 0 Å². The summed E-state index contributed by atoms with van der Waals surface area (Å²) in [6.45, 7) is 0. The zero-order valence-corrected chi connectivity index (χ0v) is 31.7. The fourth-order valence-electron chi connectivity index (χ4n) is 10.3. The first-order chi connectivity index (χ1) is 27.8. The minimum Gasteiger partial charge on any atom is -0.483 e. The molecule has 6 atom stereocenters. The van der Waals surface area contributed by atoms with Crippen molar-refractivity contribution in [1.29, 1.82) is 0 Å². The third-order valence-electron chi connectivity index (χ3n) is 12.8. The van der Waals surface area contributed by atoms with Crippen LogP contribution < -0.4 is 14.5 Å². The first kappa shape index (κ1) is 32.3. The first-order valence-electron chi connectivity index (χ1n) is 20.0. The Labute approximate surface area is 332 Å². The zero-order valence-electron chi connectivity index (χ0n) is 30.9.